The first kappa shape index (κ1) is 13.2. The summed E-state index contributed by atoms with van der Waals surface area (Å²) < 4.78 is 13.2. The van der Waals surface area contributed by atoms with Gasteiger partial charge in [0.15, 0.2) is 0 Å². The molecule has 0 saturated carbocycles. The number of nitrogens with one attached hydrogen (secondary N) is 1. The Morgan fingerprint density at radius 1 is 1.42 bits per heavy atom. The Morgan fingerprint density at radius 2 is 2.26 bits per heavy atom. The maximum atomic E-state index is 13.2. The molecular formula is C15H14FN3. The van der Waals surface area contributed by atoms with Crippen LogP contribution < -0.4 is 5.32 Å². The minimum Gasteiger partial charge on any atom is -0.306 e. The van der Waals surface area contributed by atoms with E-state index in [1.54, 1.807) is 12.4 Å². The van der Waals surface area contributed by atoms with Crippen molar-refractivity contribution in [2.24, 2.45) is 0 Å². The summed E-state index contributed by atoms with van der Waals surface area (Å²) in [7, 11) is 0. The molecule has 1 N–H and O–H groups in total. The second kappa shape index (κ2) is 6.07. The summed E-state index contributed by atoms with van der Waals surface area (Å²) in [6, 6.07) is 10.2. The molecule has 1 aromatic carbocycles. The van der Waals surface area contributed by atoms with E-state index in [1.807, 2.05) is 19.1 Å². The van der Waals surface area contributed by atoms with Gasteiger partial charge < -0.3 is 5.32 Å². The highest BCUT2D eigenvalue weighted by Crippen LogP contribution is 2.14. The Kier molecular flexibility index (Phi) is 4.22. The van der Waals surface area contributed by atoms with E-state index in [-0.39, 0.29) is 11.9 Å². The lowest BCUT2D eigenvalue weighted by atomic mass is 10.1. The largest absolute Gasteiger partial charge is 0.306 e. The van der Waals surface area contributed by atoms with Crippen LogP contribution in [0.15, 0.2) is 42.7 Å². The summed E-state index contributed by atoms with van der Waals surface area (Å²) in [5.74, 6) is -0.329. The van der Waals surface area contributed by atoms with Crippen molar-refractivity contribution in [3.05, 3.63) is 65.2 Å². The van der Waals surface area contributed by atoms with Gasteiger partial charge in [0.2, 0.25) is 0 Å². The van der Waals surface area contributed by atoms with Crippen LogP contribution in [0, 0.1) is 17.1 Å². The maximum Gasteiger partial charge on any atom is 0.123 e. The zero-order valence-corrected chi connectivity index (χ0v) is 10.6. The number of benzene rings is 1. The van der Waals surface area contributed by atoms with Crippen LogP contribution in [0.1, 0.15) is 29.7 Å². The van der Waals surface area contributed by atoms with E-state index in [1.165, 1.54) is 18.2 Å². The molecule has 1 atom stereocenters. The van der Waals surface area contributed by atoms with Crippen molar-refractivity contribution >= 4 is 0 Å². The first-order valence-corrected chi connectivity index (χ1v) is 6.02. The number of nitriles is 1. The third kappa shape index (κ3) is 3.36. The molecular weight excluding hydrogens is 241 g/mol. The van der Waals surface area contributed by atoms with Crippen LogP contribution in [0.5, 0.6) is 0 Å². The average molecular weight is 255 g/mol. The number of nitrogens with zero attached hydrogens (tertiary/aromatic N) is 2. The summed E-state index contributed by atoms with van der Waals surface area (Å²) in [5, 5.41) is 12.2. The lowest BCUT2D eigenvalue weighted by Crippen LogP contribution is -2.19. The van der Waals surface area contributed by atoms with Crippen LogP contribution in [-0.2, 0) is 6.54 Å². The van der Waals surface area contributed by atoms with E-state index in [0.29, 0.717) is 17.7 Å². The van der Waals surface area contributed by atoms with Crippen LogP contribution in [0.4, 0.5) is 4.39 Å². The maximum absolute atomic E-state index is 13.2. The summed E-state index contributed by atoms with van der Waals surface area (Å²) in [6.07, 6.45) is 3.50. The topological polar surface area (TPSA) is 48.7 Å². The lowest BCUT2D eigenvalue weighted by molar-refractivity contribution is 0.567. The van der Waals surface area contributed by atoms with Gasteiger partial charge in [-0.05, 0) is 42.3 Å². The number of hydrogen-bond acceptors (Lipinski definition) is 3. The minimum absolute atomic E-state index is 0.0866. The summed E-state index contributed by atoms with van der Waals surface area (Å²) in [6.45, 7) is 2.44. The van der Waals surface area contributed by atoms with Gasteiger partial charge in [-0.15, -0.1) is 0 Å². The van der Waals surface area contributed by atoms with Crippen molar-refractivity contribution < 1.29 is 4.39 Å². The fraction of sp³-hybridized carbons (Fsp3) is 0.200. The minimum atomic E-state index is -0.329. The van der Waals surface area contributed by atoms with Gasteiger partial charge in [0.1, 0.15) is 5.82 Å². The smallest absolute Gasteiger partial charge is 0.123 e. The van der Waals surface area contributed by atoms with Gasteiger partial charge in [-0.1, -0.05) is 6.07 Å². The van der Waals surface area contributed by atoms with Gasteiger partial charge in [0.05, 0.1) is 11.6 Å². The summed E-state index contributed by atoms with van der Waals surface area (Å²) in [4.78, 5) is 4.06. The average Bonchev–Trinajstić information content (AvgIpc) is 2.46. The number of rotatable bonds is 4. The molecule has 0 aliphatic rings. The molecule has 96 valence electrons. The fourth-order valence-electron chi connectivity index (χ4n) is 1.83. The highest BCUT2D eigenvalue weighted by Gasteiger charge is 2.07. The molecule has 1 heterocycles. The Hall–Kier alpha value is -2.25. The molecule has 0 amide bonds. The van der Waals surface area contributed by atoms with E-state index < -0.39 is 0 Å². The highest BCUT2D eigenvalue weighted by atomic mass is 19.1. The van der Waals surface area contributed by atoms with Gasteiger partial charge in [-0.2, -0.15) is 5.26 Å². The van der Waals surface area contributed by atoms with Gasteiger partial charge in [-0.25, -0.2) is 4.39 Å². The molecule has 4 heteroatoms. The van der Waals surface area contributed by atoms with Crippen molar-refractivity contribution in [3.63, 3.8) is 0 Å². The van der Waals surface area contributed by atoms with Gasteiger partial charge >= 0.3 is 0 Å². The predicted molar refractivity (Wildman–Crippen MR) is 70.6 cm³/mol. The van der Waals surface area contributed by atoms with Crippen LogP contribution in [-0.4, -0.2) is 4.98 Å². The predicted octanol–water partition coefficient (Wildman–Crippen LogP) is 2.94. The molecule has 0 aliphatic heterocycles. The molecule has 0 unspecified atom stereocenters. The van der Waals surface area contributed by atoms with Crippen LogP contribution in [0.2, 0.25) is 0 Å². The second-order valence-electron chi connectivity index (χ2n) is 4.30. The van der Waals surface area contributed by atoms with E-state index in [4.69, 9.17) is 5.26 Å². The zero-order valence-electron chi connectivity index (χ0n) is 10.6. The third-order valence-corrected chi connectivity index (χ3v) is 2.97. The molecule has 2 rings (SSSR count). The monoisotopic (exact) mass is 255 g/mol. The number of aromatic nitrogens is 1. The van der Waals surface area contributed by atoms with E-state index in [0.717, 1.165) is 5.56 Å². The quantitative estimate of drug-likeness (QED) is 0.913. The standard InChI is InChI=1S/C15H14FN3/c1-11(13-3-2-6-18-9-13)19-10-14-7-15(16)5-4-12(14)8-17/h2-7,9,11,19H,10H2,1H3/t11-/m0/s1. The van der Waals surface area contributed by atoms with Crippen LogP contribution in [0.25, 0.3) is 0 Å². The van der Waals surface area contributed by atoms with Crippen LogP contribution in [0.3, 0.4) is 0 Å². The molecule has 1 aromatic heterocycles. The van der Waals surface area contributed by atoms with Crippen molar-refractivity contribution in [1.29, 1.82) is 5.26 Å². The van der Waals surface area contributed by atoms with Crippen molar-refractivity contribution in [3.8, 4) is 6.07 Å². The first-order valence-electron chi connectivity index (χ1n) is 6.02. The van der Waals surface area contributed by atoms with Gasteiger partial charge in [0, 0.05) is 25.0 Å². The normalized spacial score (nSPS) is 11.8. The molecule has 0 fully saturated rings. The zero-order chi connectivity index (χ0) is 13.7. The third-order valence-electron chi connectivity index (χ3n) is 2.97. The van der Waals surface area contributed by atoms with Crippen LogP contribution >= 0.6 is 0 Å². The molecule has 2 aromatic rings. The molecule has 0 saturated heterocycles. The lowest BCUT2D eigenvalue weighted by Gasteiger charge is -2.14. The van der Waals surface area contributed by atoms with Crippen molar-refractivity contribution in [1.82, 2.24) is 10.3 Å². The Labute approximate surface area is 111 Å². The molecule has 19 heavy (non-hydrogen) atoms. The first-order chi connectivity index (χ1) is 9.20. The Morgan fingerprint density at radius 3 is 2.95 bits per heavy atom. The van der Waals surface area contributed by atoms with Gasteiger partial charge in [-0.3, -0.25) is 4.98 Å². The summed E-state index contributed by atoms with van der Waals surface area (Å²) in [5.41, 5.74) is 2.21. The molecule has 0 bridgehead atoms. The molecule has 0 radical (unpaired) electrons. The number of pyridine rings is 1. The highest BCUT2D eigenvalue weighted by molar-refractivity contribution is 5.37. The van der Waals surface area contributed by atoms with Crippen molar-refractivity contribution in [2.45, 2.75) is 19.5 Å². The van der Waals surface area contributed by atoms with E-state index >= 15 is 0 Å². The second-order valence-corrected chi connectivity index (χ2v) is 4.30. The summed E-state index contributed by atoms with van der Waals surface area (Å²) >= 11 is 0. The Balaban J connectivity index is 2.07. The molecule has 0 spiro atoms. The van der Waals surface area contributed by atoms with Crippen molar-refractivity contribution in [2.75, 3.05) is 0 Å². The molecule has 0 aliphatic carbocycles. The SMILES string of the molecule is C[C@H](NCc1cc(F)ccc1C#N)c1cccnc1. The fourth-order valence-corrected chi connectivity index (χ4v) is 1.83. The number of halogens is 1. The van der Waals surface area contributed by atoms with E-state index in [2.05, 4.69) is 16.4 Å². The molecule has 3 nitrogen and oxygen atoms in total. The Bertz CT molecular complexity index is 590. The van der Waals surface area contributed by atoms with E-state index in [9.17, 15) is 4.39 Å². The van der Waals surface area contributed by atoms with Gasteiger partial charge in [0.25, 0.3) is 0 Å². The number of hydrogen-bond donors (Lipinski definition) is 1.